The molecule has 1 heterocycles. The van der Waals surface area contributed by atoms with Gasteiger partial charge in [-0.2, -0.15) is 13.2 Å². The van der Waals surface area contributed by atoms with Crippen molar-refractivity contribution in [3.63, 3.8) is 0 Å². The molecule has 114 valence electrons. The number of hydrogen-bond donors (Lipinski definition) is 2. The zero-order valence-corrected chi connectivity index (χ0v) is 11.3. The number of benzene rings is 1. The van der Waals surface area contributed by atoms with Gasteiger partial charge in [0.15, 0.2) is 0 Å². The van der Waals surface area contributed by atoms with Gasteiger partial charge in [0.25, 0.3) is 0 Å². The molecule has 1 unspecified atom stereocenters. The van der Waals surface area contributed by atoms with E-state index in [0.29, 0.717) is 10.7 Å². The van der Waals surface area contributed by atoms with Crippen LogP contribution < -0.4 is 15.5 Å². The van der Waals surface area contributed by atoms with Crippen molar-refractivity contribution in [2.24, 2.45) is 0 Å². The number of halogens is 4. The summed E-state index contributed by atoms with van der Waals surface area (Å²) >= 11 is 5.81. The number of nitrogens with zero attached hydrogens (tertiary/aromatic N) is 1. The van der Waals surface area contributed by atoms with E-state index in [2.05, 4.69) is 5.32 Å². The van der Waals surface area contributed by atoms with Crippen LogP contribution >= 0.6 is 11.6 Å². The SMILES string of the molecule is O=C(NCC(F)(F)F)C1CN(c2cccc(Cl)c2)C(=O)N1. The van der Waals surface area contributed by atoms with E-state index in [1.165, 1.54) is 11.0 Å². The van der Waals surface area contributed by atoms with Gasteiger partial charge >= 0.3 is 12.2 Å². The van der Waals surface area contributed by atoms with Crippen molar-refractivity contribution in [1.29, 1.82) is 0 Å². The second kappa shape index (κ2) is 5.80. The molecule has 1 aromatic carbocycles. The molecule has 0 bridgehead atoms. The van der Waals surface area contributed by atoms with E-state index < -0.39 is 30.7 Å². The first-order chi connectivity index (χ1) is 9.76. The lowest BCUT2D eigenvalue weighted by Gasteiger charge is -2.15. The number of urea groups is 1. The molecule has 0 spiro atoms. The Bertz CT molecular complexity index is 565. The summed E-state index contributed by atoms with van der Waals surface area (Å²) in [5.74, 6) is -0.884. The van der Waals surface area contributed by atoms with Gasteiger partial charge in [0.2, 0.25) is 5.91 Å². The maximum absolute atomic E-state index is 12.0. The van der Waals surface area contributed by atoms with Crippen LogP contribution in [0.15, 0.2) is 24.3 Å². The summed E-state index contributed by atoms with van der Waals surface area (Å²) in [5, 5.41) is 4.47. The summed E-state index contributed by atoms with van der Waals surface area (Å²) in [4.78, 5) is 24.6. The molecule has 2 rings (SSSR count). The maximum atomic E-state index is 12.0. The molecular weight excluding hydrogens is 311 g/mol. The number of carbonyl (C=O) groups is 2. The number of anilines is 1. The summed E-state index contributed by atoms with van der Waals surface area (Å²) in [5.41, 5.74) is 0.464. The van der Waals surface area contributed by atoms with E-state index in [9.17, 15) is 22.8 Å². The molecule has 0 aliphatic carbocycles. The van der Waals surface area contributed by atoms with E-state index in [-0.39, 0.29) is 6.54 Å². The fourth-order valence-electron chi connectivity index (χ4n) is 1.86. The Morgan fingerprint density at radius 3 is 2.81 bits per heavy atom. The zero-order valence-electron chi connectivity index (χ0n) is 10.6. The smallest absolute Gasteiger partial charge is 0.345 e. The minimum Gasteiger partial charge on any atom is -0.345 e. The Morgan fingerprint density at radius 2 is 2.19 bits per heavy atom. The molecule has 1 aliphatic heterocycles. The quantitative estimate of drug-likeness (QED) is 0.893. The van der Waals surface area contributed by atoms with Crippen molar-refractivity contribution in [2.75, 3.05) is 18.0 Å². The van der Waals surface area contributed by atoms with Gasteiger partial charge in [0.1, 0.15) is 12.6 Å². The largest absolute Gasteiger partial charge is 0.405 e. The average Bonchev–Trinajstić information content (AvgIpc) is 2.77. The number of hydrogen-bond acceptors (Lipinski definition) is 2. The van der Waals surface area contributed by atoms with Gasteiger partial charge in [-0.05, 0) is 18.2 Å². The van der Waals surface area contributed by atoms with Gasteiger partial charge in [-0.25, -0.2) is 4.79 Å². The Kier molecular flexibility index (Phi) is 4.26. The molecule has 1 saturated heterocycles. The highest BCUT2D eigenvalue weighted by Crippen LogP contribution is 2.22. The van der Waals surface area contributed by atoms with E-state index in [4.69, 9.17) is 11.6 Å². The third-order valence-corrected chi connectivity index (χ3v) is 3.04. The third-order valence-electron chi connectivity index (χ3n) is 2.81. The molecule has 0 aromatic heterocycles. The number of rotatable bonds is 3. The Hall–Kier alpha value is -1.96. The van der Waals surface area contributed by atoms with Crippen LogP contribution in [-0.4, -0.2) is 37.2 Å². The van der Waals surface area contributed by atoms with Crippen molar-refractivity contribution in [2.45, 2.75) is 12.2 Å². The van der Waals surface area contributed by atoms with Gasteiger partial charge in [-0.15, -0.1) is 0 Å². The van der Waals surface area contributed by atoms with Crippen LogP contribution in [0.5, 0.6) is 0 Å². The van der Waals surface area contributed by atoms with Crippen LogP contribution in [0.4, 0.5) is 23.7 Å². The highest BCUT2D eigenvalue weighted by Gasteiger charge is 2.36. The second-order valence-electron chi connectivity index (χ2n) is 4.43. The average molecular weight is 322 g/mol. The monoisotopic (exact) mass is 321 g/mol. The number of alkyl halides is 3. The number of carbonyl (C=O) groups excluding carboxylic acids is 2. The molecule has 0 saturated carbocycles. The summed E-state index contributed by atoms with van der Waals surface area (Å²) < 4.78 is 36.1. The molecule has 1 atom stereocenters. The number of nitrogens with one attached hydrogen (secondary N) is 2. The van der Waals surface area contributed by atoms with Crippen LogP contribution in [0.1, 0.15) is 0 Å². The lowest BCUT2D eigenvalue weighted by atomic mass is 10.2. The topological polar surface area (TPSA) is 61.4 Å². The lowest BCUT2D eigenvalue weighted by Crippen LogP contribution is -2.45. The van der Waals surface area contributed by atoms with Crippen LogP contribution in [0.25, 0.3) is 0 Å². The standard InChI is InChI=1S/C12H11ClF3N3O2/c13-7-2-1-3-8(4-7)19-5-9(18-11(19)21)10(20)17-6-12(14,15)16/h1-4,9H,5-6H2,(H,17,20)(H,18,21). The summed E-state index contributed by atoms with van der Waals surface area (Å²) in [7, 11) is 0. The molecule has 0 radical (unpaired) electrons. The summed E-state index contributed by atoms with van der Waals surface area (Å²) in [6.07, 6.45) is -4.50. The first kappa shape index (κ1) is 15.4. The highest BCUT2D eigenvalue weighted by molar-refractivity contribution is 6.30. The number of amides is 3. The van der Waals surface area contributed by atoms with Crippen molar-refractivity contribution in [3.05, 3.63) is 29.3 Å². The predicted molar refractivity (Wildman–Crippen MR) is 70.2 cm³/mol. The van der Waals surface area contributed by atoms with Crippen LogP contribution in [0.2, 0.25) is 5.02 Å². The Morgan fingerprint density at radius 1 is 1.48 bits per heavy atom. The van der Waals surface area contributed by atoms with Crippen LogP contribution in [-0.2, 0) is 4.79 Å². The maximum Gasteiger partial charge on any atom is 0.405 e. The van der Waals surface area contributed by atoms with Gasteiger partial charge in [-0.1, -0.05) is 17.7 Å². The van der Waals surface area contributed by atoms with E-state index in [1.54, 1.807) is 23.5 Å². The predicted octanol–water partition coefficient (Wildman–Crippen LogP) is 1.92. The van der Waals surface area contributed by atoms with Gasteiger partial charge in [0, 0.05) is 10.7 Å². The first-order valence-corrected chi connectivity index (χ1v) is 6.32. The van der Waals surface area contributed by atoms with Crippen LogP contribution in [0.3, 0.4) is 0 Å². The molecule has 1 aliphatic rings. The van der Waals surface area contributed by atoms with Gasteiger partial charge in [-0.3, -0.25) is 9.69 Å². The van der Waals surface area contributed by atoms with E-state index >= 15 is 0 Å². The molecule has 5 nitrogen and oxygen atoms in total. The van der Waals surface area contributed by atoms with Gasteiger partial charge < -0.3 is 10.6 Å². The van der Waals surface area contributed by atoms with Crippen molar-refractivity contribution < 1.29 is 22.8 Å². The summed E-state index contributed by atoms with van der Waals surface area (Å²) in [6, 6.07) is 4.77. The van der Waals surface area contributed by atoms with E-state index in [0.717, 1.165) is 0 Å². The van der Waals surface area contributed by atoms with Crippen molar-refractivity contribution in [3.8, 4) is 0 Å². The molecule has 3 amide bonds. The first-order valence-electron chi connectivity index (χ1n) is 5.94. The second-order valence-corrected chi connectivity index (χ2v) is 4.86. The van der Waals surface area contributed by atoms with E-state index in [1.807, 2.05) is 0 Å². The fraction of sp³-hybridized carbons (Fsp3) is 0.333. The van der Waals surface area contributed by atoms with Crippen LogP contribution in [0, 0.1) is 0 Å². The summed E-state index contributed by atoms with van der Waals surface area (Å²) in [6.45, 7) is -1.50. The van der Waals surface area contributed by atoms with Crippen molar-refractivity contribution >= 4 is 29.2 Å². The minimum atomic E-state index is -4.50. The molecule has 2 N–H and O–H groups in total. The third kappa shape index (κ3) is 4.01. The Labute approximate surface area is 123 Å². The molecule has 21 heavy (non-hydrogen) atoms. The molecule has 1 fully saturated rings. The fourth-order valence-corrected chi connectivity index (χ4v) is 2.05. The zero-order chi connectivity index (χ0) is 15.6. The van der Waals surface area contributed by atoms with Gasteiger partial charge in [0.05, 0.1) is 6.54 Å². The Balaban J connectivity index is 2.01. The minimum absolute atomic E-state index is 0.0666. The van der Waals surface area contributed by atoms with Crippen molar-refractivity contribution in [1.82, 2.24) is 10.6 Å². The highest BCUT2D eigenvalue weighted by atomic mass is 35.5. The lowest BCUT2D eigenvalue weighted by molar-refractivity contribution is -0.139. The normalized spacial score (nSPS) is 18.6. The molecule has 1 aromatic rings. The molecular formula is C12H11ClF3N3O2. The molecule has 9 heteroatoms.